The van der Waals surface area contributed by atoms with E-state index < -0.39 is 17.9 Å². The van der Waals surface area contributed by atoms with Crippen molar-refractivity contribution in [2.45, 2.75) is 51.1 Å². The van der Waals surface area contributed by atoms with Gasteiger partial charge in [0, 0.05) is 12.5 Å². The summed E-state index contributed by atoms with van der Waals surface area (Å²) in [5.74, 6) is -0.983. The van der Waals surface area contributed by atoms with Crippen molar-refractivity contribution < 1.29 is 23.5 Å². The zero-order chi connectivity index (χ0) is 21.3. The average Bonchev–Trinajstić information content (AvgIpc) is 3.29. The van der Waals surface area contributed by atoms with Gasteiger partial charge in [-0.05, 0) is 36.5 Å². The number of ether oxygens (including phenoxy) is 1. The van der Waals surface area contributed by atoms with E-state index in [1.165, 1.54) is 18.8 Å². The maximum atomic E-state index is 12.7. The molecule has 1 aliphatic carbocycles. The first-order chi connectivity index (χ1) is 14.5. The molecule has 1 fully saturated rings. The van der Waals surface area contributed by atoms with Crippen molar-refractivity contribution in [1.29, 1.82) is 0 Å². The van der Waals surface area contributed by atoms with Gasteiger partial charge in [0.15, 0.2) is 12.4 Å². The number of hydrogen-bond donors (Lipinski definition) is 2. The summed E-state index contributed by atoms with van der Waals surface area (Å²) < 4.78 is 10.3. The van der Waals surface area contributed by atoms with Gasteiger partial charge in [-0.25, -0.2) is 4.79 Å². The quantitative estimate of drug-likeness (QED) is 0.650. The predicted octanol–water partition coefficient (Wildman–Crippen LogP) is 2.86. The first-order valence-corrected chi connectivity index (χ1v) is 10.4. The highest BCUT2D eigenvalue weighted by Crippen LogP contribution is 2.23. The summed E-state index contributed by atoms with van der Waals surface area (Å²) in [7, 11) is 0. The molecule has 3 unspecified atom stereocenters. The third-order valence-electron chi connectivity index (χ3n) is 5.42. The smallest absolute Gasteiger partial charge is 0.329 e. The molecule has 1 aromatic heterocycles. The lowest BCUT2D eigenvalue weighted by molar-refractivity contribution is -0.150. The summed E-state index contributed by atoms with van der Waals surface area (Å²) >= 11 is 0. The Morgan fingerprint density at radius 1 is 1.10 bits per heavy atom. The van der Waals surface area contributed by atoms with Crippen LogP contribution in [0.2, 0.25) is 0 Å². The van der Waals surface area contributed by atoms with Gasteiger partial charge in [-0.3, -0.25) is 9.59 Å². The van der Waals surface area contributed by atoms with Crippen LogP contribution >= 0.6 is 0 Å². The molecule has 0 radical (unpaired) electrons. The highest BCUT2D eigenvalue weighted by Gasteiger charge is 2.26. The van der Waals surface area contributed by atoms with Crippen molar-refractivity contribution in [3.8, 4) is 0 Å². The molecule has 2 aromatic rings. The van der Waals surface area contributed by atoms with E-state index in [9.17, 15) is 14.4 Å². The maximum Gasteiger partial charge on any atom is 0.329 e. The molecule has 3 rings (SSSR count). The van der Waals surface area contributed by atoms with Crippen molar-refractivity contribution >= 4 is 17.8 Å². The summed E-state index contributed by atoms with van der Waals surface area (Å²) in [4.78, 5) is 37.3. The minimum Gasteiger partial charge on any atom is -0.459 e. The van der Waals surface area contributed by atoms with E-state index in [1.54, 1.807) is 6.07 Å². The zero-order valence-corrected chi connectivity index (χ0v) is 17.1. The normalized spacial score (nSPS) is 19.5. The van der Waals surface area contributed by atoms with E-state index in [2.05, 4.69) is 17.6 Å². The highest BCUT2D eigenvalue weighted by molar-refractivity contribution is 5.94. The topological polar surface area (TPSA) is 97.6 Å². The van der Waals surface area contributed by atoms with Crippen LogP contribution in [-0.2, 0) is 20.7 Å². The van der Waals surface area contributed by atoms with Gasteiger partial charge < -0.3 is 19.8 Å². The molecule has 1 heterocycles. The van der Waals surface area contributed by atoms with Crippen LogP contribution in [0.3, 0.4) is 0 Å². The Balaban J connectivity index is 1.58. The Morgan fingerprint density at radius 3 is 2.57 bits per heavy atom. The van der Waals surface area contributed by atoms with Crippen molar-refractivity contribution in [3.05, 3.63) is 60.1 Å². The van der Waals surface area contributed by atoms with Crippen LogP contribution < -0.4 is 10.6 Å². The van der Waals surface area contributed by atoms with Gasteiger partial charge in [0.2, 0.25) is 0 Å². The Morgan fingerprint density at radius 2 is 1.87 bits per heavy atom. The van der Waals surface area contributed by atoms with Crippen molar-refractivity contribution in [1.82, 2.24) is 10.6 Å². The molecule has 160 valence electrons. The molecule has 2 amide bonds. The molecule has 0 aliphatic heterocycles. The Bertz CT molecular complexity index is 835. The van der Waals surface area contributed by atoms with Crippen LogP contribution in [0.15, 0.2) is 53.1 Å². The fourth-order valence-corrected chi connectivity index (χ4v) is 3.70. The van der Waals surface area contributed by atoms with E-state index >= 15 is 0 Å². The van der Waals surface area contributed by atoms with E-state index in [1.807, 2.05) is 30.3 Å². The third-order valence-corrected chi connectivity index (χ3v) is 5.42. The van der Waals surface area contributed by atoms with Gasteiger partial charge in [0.25, 0.3) is 11.8 Å². The minimum atomic E-state index is -0.939. The second kappa shape index (κ2) is 10.6. The lowest BCUT2D eigenvalue weighted by atomic mass is 9.86. The predicted molar refractivity (Wildman–Crippen MR) is 111 cm³/mol. The molecule has 7 nitrogen and oxygen atoms in total. The van der Waals surface area contributed by atoms with E-state index in [4.69, 9.17) is 9.15 Å². The standard InChI is InChI=1S/C23H28N2O5/c1-16-8-5-6-11-18(16)24-21(26)15-30-23(28)19(14-17-9-3-2-4-10-17)25-22(27)20-12-7-13-29-20/h2-4,7,9-10,12-13,16,18-19H,5-6,8,11,14-15H2,1H3,(H,24,26)(H,25,27). The summed E-state index contributed by atoms with van der Waals surface area (Å²) in [6, 6.07) is 11.6. The minimum absolute atomic E-state index is 0.102. The van der Waals surface area contributed by atoms with Crippen molar-refractivity contribution in [3.63, 3.8) is 0 Å². The largest absolute Gasteiger partial charge is 0.459 e. The van der Waals surface area contributed by atoms with Crippen LogP contribution in [-0.4, -0.2) is 36.5 Å². The molecule has 0 bridgehead atoms. The first-order valence-electron chi connectivity index (χ1n) is 10.4. The number of benzene rings is 1. The molecule has 2 N–H and O–H groups in total. The number of carbonyl (C=O) groups excluding carboxylic acids is 3. The molecule has 3 atom stereocenters. The molecule has 30 heavy (non-hydrogen) atoms. The highest BCUT2D eigenvalue weighted by atomic mass is 16.5. The lowest BCUT2D eigenvalue weighted by Gasteiger charge is -2.29. The fraction of sp³-hybridized carbons (Fsp3) is 0.435. The van der Waals surface area contributed by atoms with Crippen LogP contribution in [0.25, 0.3) is 0 Å². The fourth-order valence-electron chi connectivity index (χ4n) is 3.70. The summed E-state index contributed by atoms with van der Waals surface area (Å²) in [5, 5.41) is 5.60. The van der Waals surface area contributed by atoms with E-state index in [0.29, 0.717) is 5.92 Å². The second-order valence-electron chi connectivity index (χ2n) is 7.74. The number of hydrogen-bond acceptors (Lipinski definition) is 5. The summed E-state index contributed by atoms with van der Waals surface area (Å²) in [6.07, 6.45) is 5.93. The molecule has 0 spiro atoms. The van der Waals surface area contributed by atoms with Gasteiger partial charge in [-0.1, -0.05) is 50.1 Å². The number of amides is 2. The van der Waals surface area contributed by atoms with Gasteiger partial charge in [0.1, 0.15) is 6.04 Å². The monoisotopic (exact) mass is 412 g/mol. The molecular weight excluding hydrogens is 384 g/mol. The molecule has 1 aliphatic rings. The molecule has 1 saturated carbocycles. The molecule has 0 saturated heterocycles. The van der Waals surface area contributed by atoms with E-state index in [0.717, 1.165) is 24.8 Å². The average molecular weight is 412 g/mol. The number of carbonyl (C=O) groups is 3. The van der Waals surface area contributed by atoms with Crippen molar-refractivity contribution in [2.75, 3.05) is 6.61 Å². The lowest BCUT2D eigenvalue weighted by Crippen LogP contribution is -2.46. The van der Waals surface area contributed by atoms with Gasteiger partial charge >= 0.3 is 5.97 Å². The van der Waals surface area contributed by atoms with Crippen LogP contribution in [0, 0.1) is 5.92 Å². The van der Waals surface area contributed by atoms with Crippen molar-refractivity contribution in [2.24, 2.45) is 5.92 Å². The first kappa shape index (κ1) is 21.6. The number of rotatable bonds is 8. The summed E-state index contributed by atoms with van der Waals surface area (Å²) in [6.45, 7) is 1.75. The third kappa shape index (κ3) is 6.20. The molecular formula is C23H28N2O5. The Kier molecular flexibility index (Phi) is 7.65. The van der Waals surface area contributed by atoms with Crippen LogP contribution in [0.1, 0.15) is 48.7 Å². The van der Waals surface area contributed by atoms with Gasteiger partial charge in [0.05, 0.1) is 6.26 Å². The Labute approximate surface area is 176 Å². The molecule has 7 heteroatoms. The van der Waals surface area contributed by atoms with Gasteiger partial charge in [-0.15, -0.1) is 0 Å². The number of nitrogens with one attached hydrogen (secondary N) is 2. The van der Waals surface area contributed by atoms with E-state index in [-0.39, 0.29) is 30.7 Å². The number of esters is 1. The summed E-state index contributed by atoms with van der Waals surface area (Å²) in [5.41, 5.74) is 0.861. The maximum absolute atomic E-state index is 12.7. The molecule has 1 aromatic carbocycles. The number of furan rings is 1. The SMILES string of the molecule is CC1CCCCC1NC(=O)COC(=O)C(Cc1ccccc1)NC(=O)c1ccco1. The van der Waals surface area contributed by atoms with Crippen LogP contribution in [0.5, 0.6) is 0 Å². The Hall–Kier alpha value is -3.09. The second-order valence-corrected chi connectivity index (χ2v) is 7.74. The van der Waals surface area contributed by atoms with Crippen LogP contribution in [0.4, 0.5) is 0 Å². The van der Waals surface area contributed by atoms with Gasteiger partial charge in [-0.2, -0.15) is 0 Å². The zero-order valence-electron chi connectivity index (χ0n) is 17.1.